The average Bonchev–Trinajstić information content (AvgIpc) is 2.37. The predicted octanol–water partition coefficient (Wildman–Crippen LogP) is 2.81. The number of pyridine rings is 1. The summed E-state index contributed by atoms with van der Waals surface area (Å²) in [6.45, 7) is 0.487. The number of benzene rings is 1. The third-order valence-electron chi connectivity index (χ3n) is 2.30. The largest absolute Gasteiger partial charge is 0.489 e. The number of aliphatic hydroxyl groups is 1. The lowest BCUT2D eigenvalue weighted by Crippen LogP contribution is -1.96. The fourth-order valence-corrected chi connectivity index (χ4v) is 1.59. The Kier molecular flexibility index (Phi) is 3.96. The number of halogens is 1. The highest BCUT2D eigenvalue weighted by Crippen LogP contribution is 2.15. The van der Waals surface area contributed by atoms with Crippen LogP contribution >= 0.6 is 11.6 Å². The Morgan fingerprint density at radius 3 is 2.53 bits per heavy atom. The van der Waals surface area contributed by atoms with E-state index in [1.807, 2.05) is 30.3 Å². The van der Waals surface area contributed by atoms with E-state index in [9.17, 15) is 0 Å². The molecule has 4 heteroatoms. The molecule has 1 aromatic heterocycles. The van der Waals surface area contributed by atoms with E-state index in [-0.39, 0.29) is 6.61 Å². The fraction of sp³-hybridized carbons (Fsp3) is 0.154. The highest BCUT2D eigenvalue weighted by Gasteiger charge is 1.98. The molecule has 0 spiro atoms. The van der Waals surface area contributed by atoms with E-state index >= 15 is 0 Å². The maximum atomic E-state index is 8.90. The van der Waals surface area contributed by atoms with Gasteiger partial charge in [0.2, 0.25) is 0 Å². The summed E-state index contributed by atoms with van der Waals surface area (Å²) in [4.78, 5) is 3.90. The maximum Gasteiger partial charge on any atom is 0.129 e. The van der Waals surface area contributed by atoms with Crippen LogP contribution in [0.25, 0.3) is 0 Å². The van der Waals surface area contributed by atoms with Crippen molar-refractivity contribution in [2.75, 3.05) is 0 Å². The molecule has 0 atom stereocenters. The quantitative estimate of drug-likeness (QED) is 0.848. The molecule has 88 valence electrons. The summed E-state index contributed by atoms with van der Waals surface area (Å²) in [6.07, 6.45) is 1.65. The summed E-state index contributed by atoms with van der Waals surface area (Å²) in [5.41, 5.74) is 1.83. The Balaban J connectivity index is 1.97. The van der Waals surface area contributed by atoms with Gasteiger partial charge in [-0.2, -0.15) is 0 Å². The molecule has 2 aromatic rings. The number of ether oxygens (including phenoxy) is 1. The van der Waals surface area contributed by atoms with Crippen LogP contribution in [-0.2, 0) is 13.2 Å². The van der Waals surface area contributed by atoms with Crippen LogP contribution in [0, 0.1) is 0 Å². The van der Waals surface area contributed by atoms with Crippen LogP contribution in [0.3, 0.4) is 0 Å². The summed E-state index contributed by atoms with van der Waals surface area (Å²) in [5, 5.41) is 9.36. The first-order valence-electron chi connectivity index (χ1n) is 5.21. The van der Waals surface area contributed by atoms with E-state index in [0.29, 0.717) is 11.8 Å². The molecule has 0 unspecified atom stereocenters. The minimum atomic E-state index is 0.0419. The molecule has 0 bridgehead atoms. The lowest BCUT2D eigenvalue weighted by atomic mass is 10.2. The Morgan fingerprint density at radius 1 is 1.12 bits per heavy atom. The third-order valence-corrected chi connectivity index (χ3v) is 2.51. The van der Waals surface area contributed by atoms with Crippen LogP contribution in [0.5, 0.6) is 5.75 Å². The zero-order chi connectivity index (χ0) is 12.1. The zero-order valence-electron chi connectivity index (χ0n) is 9.14. The molecule has 0 aliphatic rings. The van der Waals surface area contributed by atoms with Gasteiger partial charge in [-0.05, 0) is 35.4 Å². The molecule has 1 N–H and O–H groups in total. The van der Waals surface area contributed by atoms with Crippen molar-refractivity contribution < 1.29 is 9.84 Å². The molecule has 0 saturated heterocycles. The topological polar surface area (TPSA) is 42.4 Å². The SMILES string of the molecule is OCc1ccc(OCc2ccnc(Cl)c2)cc1. The summed E-state index contributed by atoms with van der Waals surface area (Å²) in [7, 11) is 0. The van der Waals surface area contributed by atoms with Crippen LogP contribution in [0.1, 0.15) is 11.1 Å². The first kappa shape index (κ1) is 11.9. The molecular weight excluding hydrogens is 238 g/mol. The van der Waals surface area contributed by atoms with E-state index in [2.05, 4.69) is 4.98 Å². The molecule has 2 rings (SSSR count). The summed E-state index contributed by atoms with van der Waals surface area (Å²) >= 11 is 5.77. The van der Waals surface area contributed by atoms with Gasteiger partial charge in [-0.25, -0.2) is 4.98 Å². The van der Waals surface area contributed by atoms with Gasteiger partial charge in [0.15, 0.2) is 0 Å². The summed E-state index contributed by atoms with van der Waals surface area (Å²) < 4.78 is 5.58. The molecule has 0 fully saturated rings. The Bertz CT molecular complexity index is 485. The van der Waals surface area contributed by atoms with Gasteiger partial charge in [0.05, 0.1) is 6.61 Å². The van der Waals surface area contributed by atoms with E-state index in [4.69, 9.17) is 21.4 Å². The number of nitrogens with zero attached hydrogens (tertiary/aromatic N) is 1. The lowest BCUT2D eigenvalue weighted by Gasteiger charge is -2.06. The molecule has 0 aliphatic heterocycles. The van der Waals surface area contributed by atoms with Crippen molar-refractivity contribution in [1.82, 2.24) is 4.98 Å². The molecule has 0 amide bonds. The highest BCUT2D eigenvalue weighted by molar-refractivity contribution is 6.29. The van der Waals surface area contributed by atoms with Gasteiger partial charge in [0, 0.05) is 6.20 Å². The minimum Gasteiger partial charge on any atom is -0.489 e. The first-order valence-corrected chi connectivity index (χ1v) is 5.59. The van der Waals surface area contributed by atoms with Crippen LogP contribution in [0.2, 0.25) is 5.15 Å². The molecule has 0 aliphatic carbocycles. The van der Waals surface area contributed by atoms with Crippen molar-refractivity contribution in [3.05, 3.63) is 58.9 Å². The first-order chi connectivity index (χ1) is 8.28. The van der Waals surface area contributed by atoms with Gasteiger partial charge in [-0.1, -0.05) is 23.7 Å². The number of aromatic nitrogens is 1. The van der Waals surface area contributed by atoms with Crippen molar-refractivity contribution in [2.24, 2.45) is 0 Å². The zero-order valence-corrected chi connectivity index (χ0v) is 9.89. The van der Waals surface area contributed by atoms with E-state index in [0.717, 1.165) is 16.9 Å². The van der Waals surface area contributed by atoms with Gasteiger partial charge in [0.25, 0.3) is 0 Å². The standard InChI is InChI=1S/C13H12ClNO2/c14-13-7-11(5-6-15-13)9-17-12-3-1-10(8-16)2-4-12/h1-7,16H,8-9H2. The number of rotatable bonds is 4. The smallest absolute Gasteiger partial charge is 0.129 e. The summed E-state index contributed by atoms with van der Waals surface area (Å²) in [6, 6.07) is 10.9. The Morgan fingerprint density at radius 2 is 1.88 bits per heavy atom. The van der Waals surface area contributed by atoms with Gasteiger partial charge in [-0.15, -0.1) is 0 Å². The van der Waals surface area contributed by atoms with Crippen molar-refractivity contribution in [3.8, 4) is 5.75 Å². The second kappa shape index (κ2) is 5.66. The summed E-state index contributed by atoms with van der Waals surface area (Å²) in [5.74, 6) is 0.759. The van der Waals surface area contributed by atoms with Crippen molar-refractivity contribution in [2.45, 2.75) is 13.2 Å². The van der Waals surface area contributed by atoms with E-state index in [1.165, 1.54) is 0 Å². The van der Waals surface area contributed by atoms with Crippen molar-refractivity contribution >= 4 is 11.6 Å². The lowest BCUT2D eigenvalue weighted by molar-refractivity contribution is 0.280. The highest BCUT2D eigenvalue weighted by atomic mass is 35.5. The molecule has 1 aromatic carbocycles. The van der Waals surface area contributed by atoms with Gasteiger partial charge < -0.3 is 9.84 Å². The van der Waals surface area contributed by atoms with E-state index in [1.54, 1.807) is 12.3 Å². The predicted molar refractivity (Wildman–Crippen MR) is 65.9 cm³/mol. The molecule has 17 heavy (non-hydrogen) atoms. The molecule has 3 nitrogen and oxygen atoms in total. The molecular formula is C13H12ClNO2. The molecule has 1 heterocycles. The van der Waals surface area contributed by atoms with Crippen LogP contribution < -0.4 is 4.74 Å². The number of hydrogen-bond donors (Lipinski definition) is 1. The third kappa shape index (κ3) is 3.44. The molecule has 0 radical (unpaired) electrons. The van der Waals surface area contributed by atoms with Crippen LogP contribution in [0.15, 0.2) is 42.6 Å². The average molecular weight is 250 g/mol. The fourth-order valence-electron chi connectivity index (χ4n) is 1.39. The normalized spacial score (nSPS) is 10.2. The van der Waals surface area contributed by atoms with Crippen molar-refractivity contribution in [3.63, 3.8) is 0 Å². The van der Waals surface area contributed by atoms with Gasteiger partial charge in [-0.3, -0.25) is 0 Å². The Labute approximate surface area is 105 Å². The second-order valence-electron chi connectivity index (χ2n) is 3.58. The number of hydrogen-bond acceptors (Lipinski definition) is 3. The maximum absolute atomic E-state index is 8.90. The monoisotopic (exact) mass is 249 g/mol. The van der Waals surface area contributed by atoms with E-state index < -0.39 is 0 Å². The van der Waals surface area contributed by atoms with Crippen LogP contribution in [-0.4, -0.2) is 10.1 Å². The number of aliphatic hydroxyl groups excluding tert-OH is 1. The van der Waals surface area contributed by atoms with Gasteiger partial charge in [0.1, 0.15) is 17.5 Å². The Hall–Kier alpha value is -1.58. The van der Waals surface area contributed by atoms with Crippen LogP contribution in [0.4, 0.5) is 0 Å². The second-order valence-corrected chi connectivity index (χ2v) is 3.96. The molecule has 0 saturated carbocycles. The minimum absolute atomic E-state index is 0.0419. The van der Waals surface area contributed by atoms with Crippen molar-refractivity contribution in [1.29, 1.82) is 0 Å². The van der Waals surface area contributed by atoms with Gasteiger partial charge >= 0.3 is 0 Å².